The van der Waals surface area contributed by atoms with E-state index >= 15 is 0 Å². The van der Waals surface area contributed by atoms with Crippen molar-refractivity contribution in [3.63, 3.8) is 0 Å². The summed E-state index contributed by atoms with van der Waals surface area (Å²) in [6, 6.07) is 21.5. The van der Waals surface area contributed by atoms with Gasteiger partial charge in [-0.3, -0.25) is 0 Å². The summed E-state index contributed by atoms with van der Waals surface area (Å²) in [5, 5.41) is 22.8. The van der Waals surface area contributed by atoms with Crippen LogP contribution >= 0.6 is 0 Å². The normalized spacial score (nSPS) is 21.4. The summed E-state index contributed by atoms with van der Waals surface area (Å²) in [6.07, 6.45) is 13.1. The summed E-state index contributed by atoms with van der Waals surface area (Å²) in [5.41, 5.74) is 6.54. The van der Waals surface area contributed by atoms with Gasteiger partial charge in [0.05, 0.1) is 6.10 Å². The minimum Gasteiger partial charge on any atom is -0.566 e. The fourth-order valence-corrected chi connectivity index (χ4v) is 6.69. The molecule has 4 rings (SSSR count). The number of hydrogen-bond acceptors (Lipinski definition) is 3. The first kappa shape index (κ1) is 34.6. The third kappa shape index (κ3) is 8.95. The average molecular weight is 536 g/mol. The van der Waals surface area contributed by atoms with Crippen molar-refractivity contribution >= 4 is 11.1 Å². The molecule has 0 heterocycles. The summed E-state index contributed by atoms with van der Waals surface area (Å²) < 4.78 is 0. The quantitative estimate of drug-likeness (QED) is 0.158. The zero-order valence-corrected chi connectivity index (χ0v) is 24.9. The third-order valence-electron chi connectivity index (χ3n) is 8.59. The molecule has 2 aromatic carbocycles. The third-order valence-corrected chi connectivity index (χ3v) is 8.59. The SMILES string of the molecule is C=C(c1ccccc1)C12CCC(O)C1CC(CCCCCCCCC[CH-]O)=C2c1ccccc1.[CH2-]CNC[CH2-].[Li+]. The smallest absolute Gasteiger partial charge is 0.566 e. The molecule has 2 aromatic rings. The molecule has 2 aliphatic carbocycles. The summed E-state index contributed by atoms with van der Waals surface area (Å²) in [4.78, 5) is 0. The van der Waals surface area contributed by atoms with E-state index in [9.17, 15) is 5.11 Å². The molecule has 3 nitrogen and oxygen atoms in total. The topological polar surface area (TPSA) is 52.5 Å². The molecule has 3 atom stereocenters. The van der Waals surface area contributed by atoms with Gasteiger partial charge in [0.1, 0.15) is 0 Å². The Morgan fingerprint density at radius 2 is 1.48 bits per heavy atom. The van der Waals surface area contributed by atoms with E-state index in [0.29, 0.717) is 0 Å². The molecule has 0 amide bonds. The number of aliphatic hydroxyl groups is 2. The molecular weight excluding hydrogens is 485 g/mol. The second kappa shape index (κ2) is 18.8. The van der Waals surface area contributed by atoms with Gasteiger partial charge in [-0.1, -0.05) is 111 Å². The van der Waals surface area contributed by atoms with E-state index in [1.54, 1.807) is 5.57 Å². The number of rotatable bonds is 15. The molecule has 40 heavy (non-hydrogen) atoms. The second-order valence-corrected chi connectivity index (χ2v) is 11.0. The molecule has 2 aliphatic rings. The molecule has 1 saturated carbocycles. The van der Waals surface area contributed by atoms with Gasteiger partial charge in [-0.25, -0.2) is 6.61 Å². The van der Waals surface area contributed by atoms with Crippen molar-refractivity contribution in [3.8, 4) is 0 Å². The minimum absolute atomic E-state index is 0. The Bertz CT molecular complexity index is 1000. The molecule has 0 saturated heterocycles. The molecule has 0 radical (unpaired) electrons. The first-order valence-corrected chi connectivity index (χ1v) is 15.1. The van der Waals surface area contributed by atoms with Gasteiger partial charge in [-0.2, -0.15) is 6.42 Å². The number of hydrogen-bond donors (Lipinski definition) is 3. The van der Waals surface area contributed by atoms with Gasteiger partial charge >= 0.3 is 18.9 Å². The number of nitrogens with one attached hydrogen (secondary N) is 1. The number of benzene rings is 2. The standard InChI is InChI=1S/C32H41O2.C4H9N.Li/c1-25(26-16-11-8-12-17-26)32-22-21-30(34)29(32)24-28(31(32)27-18-13-9-14-19-27)20-10-6-4-2-3-5-7-15-23-33;1-3-5-4-2;/h8-9,11-14,16-19,23,29-30,33-34H,1-7,10,15,20-22,24H2;5H,1-4H2;/q-1;-2;+1. The molecular formula is C36H50LiNO2-2. The Morgan fingerprint density at radius 1 is 0.900 bits per heavy atom. The number of allylic oxidation sites excluding steroid dienone is 3. The van der Waals surface area contributed by atoms with E-state index in [1.807, 2.05) is 0 Å². The maximum atomic E-state index is 11.1. The first-order valence-electron chi connectivity index (χ1n) is 15.1. The largest absolute Gasteiger partial charge is 1.00 e. The Kier molecular flexibility index (Phi) is 16.2. The van der Waals surface area contributed by atoms with Gasteiger partial charge < -0.3 is 29.4 Å². The van der Waals surface area contributed by atoms with Crippen molar-refractivity contribution in [3.05, 3.63) is 104 Å². The van der Waals surface area contributed by atoms with Gasteiger partial charge in [0.15, 0.2) is 0 Å². The molecule has 0 aliphatic heterocycles. The monoisotopic (exact) mass is 535 g/mol. The average Bonchev–Trinajstić information content (AvgIpc) is 3.48. The molecule has 4 heteroatoms. The summed E-state index contributed by atoms with van der Waals surface area (Å²) >= 11 is 0. The van der Waals surface area contributed by atoms with Crippen LogP contribution in [0.2, 0.25) is 0 Å². The van der Waals surface area contributed by atoms with Gasteiger partial charge in [-0.05, 0) is 54.4 Å². The maximum Gasteiger partial charge on any atom is 1.00 e. The van der Waals surface area contributed by atoms with Gasteiger partial charge in [0, 0.05) is 11.3 Å². The van der Waals surface area contributed by atoms with Crippen molar-refractivity contribution in [2.45, 2.75) is 83.2 Å². The van der Waals surface area contributed by atoms with Crippen LogP contribution < -0.4 is 24.2 Å². The van der Waals surface area contributed by atoms with E-state index in [1.165, 1.54) is 67.4 Å². The predicted molar refractivity (Wildman–Crippen MR) is 166 cm³/mol. The first-order chi connectivity index (χ1) is 19.1. The van der Waals surface area contributed by atoms with E-state index in [-0.39, 0.29) is 36.3 Å². The van der Waals surface area contributed by atoms with Crippen LogP contribution in [0.1, 0.15) is 88.2 Å². The summed E-state index contributed by atoms with van der Waals surface area (Å²) in [7, 11) is 0. The van der Waals surface area contributed by atoms with Gasteiger partial charge in [0.2, 0.25) is 0 Å². The van der Waals surface area contributed by atoms with Crippen LogP contribution in [0.4, 0.5) is 0 Å². The van der Waals surface area contributed by atoms with Gasteiger partial charge in [0.25, 0.3) is 0 Å². The van der Waals surface area contributed by atoms with E-state index in [4.69, 9.17) is 5.11 Å². The van der Waals surface area contributed by atoms with Crippen LogP contribution in [0.5, 0.6) is 0 Å². The Balaban J connectivity index is 0.000000858. The van der Waals surface area contributed by atoms with Crippen molar-refractivity contribution in [2.75, 3.05) is 13.1 Å². The fourth-order valence-electron chi connectivity index (χ4n) is 6.69. The zero-order chi connectivity index (χ0) is 27.9. The molecule has 3 N–H and O–H groups in total. The van der Waals surface area contributed by atoms with Crippen molar-refractivity contribution in [2.24, 2.45) is 11.3 Å². The number of fused-ring (bicyclic) bond motifs is 1. The molecule has 0 bridgehead atoms. The summed E-state index contributed by atoms with van der Waals surface area (Å²) in [6.45, 7) is 14.6. The van der Waals surface area contributed by atoms with Gasteiger partial charge in [-0.15, -0.1) is 13.1 Å². The Hall–Kier alpha value is -1.60. The van der Waals surface area contributed by atoms with Crippen molar-refractivity contribution in [1.29, 1.82) is 0 Å². The number of aliphatic hydroxyl groups excluding tert-OH is 2. The predicted octanol–water partition coefficient (Wildman–Crippen LogP) is 5.61. The van der Waals surface area contributed by atoms with Crippen LogP contribution in [0.3, 0.4) is 0 Å². The van der Waals surface area contributed by atoms with Crippen LogP contribution in [-0.2, 0) is 0 Å². The minimum atomic E-state index is -0.257. The maximum absolute atomic E-state index is 11.1. The van der Waals surface area contributed by atoms with Crippen LogP contribution in [0.25, 0.3) is 11.1 Å². The Morgan fingerprint density at radius 3 is 2.05 bits per heavy atom. The fraction of sp³-hybridized carbons (Fsp3) is 0.472. The Labute approximate surface area is 256 Å². The second-order valence-electron chi connectivity index (χ2n) is 11.0. The van der Waals surface area contributed by atoms with Crippen molar-refractivity contribution in [1.82, 2.24) is 5.32 Å². The van der Waals surface area contributed by atoms with E-state index < -0.39 is 0 Å². The number of unbranched alkanes of at least 4 members (excludes halogenated alkanes) is 7. The molecule has 3 unspecified atom stereocenters. The van der Waals surface area contributed by atoms with Crippen LogP contribution in [-0.4, -0.2) is 29.4 Å². The van der Waals surface area contributed by atoms with E-state index in [2.05, 4.69) is 86.4 Å². The molecule has 1 fully saturated rings. The van der Waals surface area contributed by atoms with Crippen LogP contribution in [0, 0.1) is 31.8 Å². The molecule has 0 spiro atoms. The van der Waals surface area contributed by atoms with Crippen LogP contribution in [0.15, 0.2) is 72.8 Å². The van der Waals surface area contributed by atoms with E-state index in [0.717, 1.165) is 51.6 Å². The zero-order valence-electron chi connectivity index (χ0n) is 24.9. The molecule has 0 aromatic heterocycles. The summed E-state index contributed by atoms with van der Waals surface area (Å²) in [5.74, 6) is 0.230. The van der Waals surface area contributed by atoms with Crippen molar-refractivity contribution < 1.29 is 29.1 Å². The molecule has 214 valence electrons.